The van der Waals surface area contributed by atoms with Gasteiger partial charge in [-0.1, -0.05) is 19.3 Å². The molecule has 1 aromatic rings. The van der Waals surface area contributed by atoms with Crippen molar-refractivity contribution in [2.24, 2.45) is 0 Å². The molecule has 1 aliphatic heterocycles. The van der Waals surface area contributed by atoms with Crippen molar-refractivity contribution in [3.63, 3.8) is 0 Å². The molecule has 1 aromatic heterocycles. The average Bonchev–Trinajstić information content (AvgIpc) is 2.85. The third kappa shape index (κ3) is 4.08. The summed E-state index contributed by atoms with van der Waals surface area (Å²) in [5.41, 5.74) is 0.216. The topological polar surface area (TPSA) is 21.3 Å². The third-order valence-electron chi connectivity index (χ3n) is 5.08. The number of hydrogen-bond donors (Lipinski definition) is 1. The Morgan fingerprint density at radius 1 is 1.33 bits per heavy atom. The number of ether oxygens (including phenoxy) is 1. The molecule has 1 aliphatic carbocycles. The Hall–Kier alpha value is -0.380. The van der Waals surface area contributed by atoms with E-state index in [9.17, 15) is 0 Å². The largest absolute Gasteiger partial charge is 0.375 e. The normalized spacial score (nSPS) is 26.9. The predicted octanol–water partition coefficient (Wildman–Crippen LogP) is 4.46. The molecule has 2 aliphatic rings. The van der Waals surface area contributed by atoms with Crippen LogP contribution in [0.2, 0.25) is 0 Å². The summed E-state index contributed by atoms with van der Waals surface area (Å²) >= 11 is 1.93. The highest BCUT2D eigenvalue weighted by Gasteiger charge is 2.38. The third-order valence-corrected chi connectivity index (χ3v) is 6.10. The standard InChI is InChI=1S/C18H29NOS/c1-14(12-17-7-6-15(2)21-17)19-16-8-11-20-18(13-16)9-4-3-5-10-18/h6-7,14,16,19H,3-5,8-13H2,1-2H3. The lowest BCUT2D eigenvalue weighted by atomic mass is 9.78. The van der Waals surface area contributed by atoms with Gasteiger partial charge in [-0.15, -0.1) is 11.3 Å². The summed E-state index contributed by atoms with van der Waals surface area (Å²) in [6.45, 7) is 5.47. The van der Waals surface area contributed by atoms with Gasteiger partial charge < -0.3 is 10.1 Å². The molecule has 0 bridgehead atoms. The molecule has 2 fully saturated rings. The van der Waals surface area contributed by atoms with Crippen LogP contribution in [0.1, 0.15) is 61.6 Å². The van der Waals surface area contributed by atoms with Crippen molar-refractivity contribution in [1.82, 2.24) is 5.32 Å². The van der Waals surface area contributed by atoms with Crippen molar-refractivity contribution in [3.8, 4) is 0 Å². The highest BCUT2D eigenvalue weighted by atomic mass is 32.1. The summed E-state index contributed by atoms with van der Waals surface area (Å²) in [5.74, 6) is 0. The van der Waals surface area contributed by atoms with Crippen LogP contribution in [0.3, 0.4) is 0 Å². The summed E-state index contributed by atoms with van der Waals surface area (Å²) in [7, 11) is 0. The van der Waals surface area contributed by atoms with Crippen LogP contribution in [-0.2, 0) is 11.2 Å². The zero-order valence-electron chi connectivity index (χ0n) is 13.5. The smallest absolute Gasteiger partial charge is 0.0697 e. The fourth-order valence-electron chi connectivity index (χ4n) is 4.07. The first kappa shape index (κ1) is 15.5. The van der Waals surface area contributed by atoms with Crippen molar-refractivity contribution < 1.29 is 4.74 Å². The molecule has 2 nitrogen and oxygen atoms in total. The second kappa shape index (κ2) is 6.80. The molecule has 3 heteroatoms. The molecule has 0 amide bonds. The minimum absolute atomic E-state index is 0.216. The second-order valence-corrected chi connectivity index (χ2v) is 8.44. The van der Waals surface area contributed by atoms with Gasteiger partial charge >= 0.3 is 0 Å². The number of rotatable bonds is 4. The first-order valence-electron chi connectivity index (χ1n) is 8.61. The lowest BCUT2D eigenvalue weighted by Crippen LogP contribution is -2.50. The van der Waals surface area contributed by atoms with Gasteiger partial charge in [0.1, 0.15) is 0 Å². The van der Waals surface area contributed by atoms with E-state index in [1.165, 1.54) is 54.7 Å². The second-order valence-electron chi connectivity index (χ2n) is 7.07. The molecule has 0 aromatic carbocycles. The molecule has 21 heavy (non-hydrogen) atoms. The van der Waals surface area contributed by atoms with Crippen LogP contribution in [-0.4, -0.2) is 24.3 Å². The van der Waals surface area contributed by atoms with Gasteiger partial charge in [0, 0.05) is 28.4 Å². The van der Waals surface area contributed by atoms with Gasteiger partial charge in [0.25, 0.3) is 0 Å². The van der Waals surface area contributed by atoms with Crippen molar-refractivity contribution in [3.05, 3.63) is 21.9 Å². The van der Waals surface area contributed by atoms with E-state index in [0.717, 1.165) is 13.0 Å². The van der Waals surface area contributed by atoms with E-state index in [1.807, 2.05) is 11.3 Å². The molecular formula is C18H29NOS. The van der Waals surface area contributed by atoms with E-state index in [0.29, 0.717) is 12.1 Å². The maximum Gasteiger partial charge on any atom is 0.0697 e. The van der Waals surface area contributed by atoms with E-state index in [-0.39, 0.29) is 5.60 Å². The van der Waals surface area contributed by atoms with Crippen LogP contribution < -0.4 is 5.32 Å². The van der Waals surface area contributed by atoms with E-state index >= 15 is 0 Å². The zero-order chi connectivity index (χ0) is 14.7. The van der Waals surface area contributed by atoms with Gasteiger partial charge in [0.2, 0.25) is 0 Å². The Morgan fingerprint density at radius 2 is 2.14 bits per heavy atom. The minimum atomic E-state index is 0.216. The van der Waals surface area contributed by atoms with Crippen LogP contribution in [0, 0.1) is 6.92 Å². The van der Waals surface area contributed by atoms with Gasteiger partial charge in [-0.3, -0.25) is 0 Å². The summed E-state index contributed by atoms with van der Waals surface area (Å²) in [6.07, 6.45) is 10.2. The molecule has 1 saturated heterocycles. The van der Waals surface area contributed by atoms with Gasteiger partial charge in [-0.25, -0.2) is 0 Å². The SMILES string of the molecule is Cc1ccc(CC(C)NC2CCOC3(CCCCC3)C2)s1. The van der Waals surface area contributed by atoms with Gasteiger partial charge in [0.15, 0.2) is 0 Å². The fourth-order valence-corrected chi connectivity index (χ4v) is 5.09. The quantitative estimate of drug-likeness (QED) is 0.887. The Balaban J connectivity index is 1.52. The molecule has 1 saturated carbocycles. The first-order chi connectivity index (χ1) is 10.2. The molecule has 2 heterocycles. The van der Waals surface area contributed by atoms with E-state index in [1.54, 1.807) is 0 Å². The molecular weight excluding hydrogens is 278 g/mol. The van der Waals surface area contributed by atoms with Gasteiger partial charge in [-0.2, -0.15) is 0 Å². The van der Waals surface area contributed by atoms with Crippen molar-refractivity contribution in [1.29, 1.82) is 0 Å². The Morgan fingerprint density at radius 3 is 2.86 bits per heavy atom. The average molecular weight is 308 g/mol. The van der Waals surface area contributed by atoms with Crippen LogP contribution in [0.25, 0.3) is 0 Å². The van der Waals surface area contributed by atoms with Crippen LogP contribution in [0.15, 0.2) is 12.1 Å². The summed E-state index contributed by atoms with van der Waals surface area (Å²) in [5, 5.41) is 3.87. The number of hydrogen-bond acceptors (Lipinski definition) is 3. The van der Waals surface area contributed by atoms with Crippen molar-refractivity contribution in [2.45, 2.75) is 82.9 Å². The highest BCUT2D eigenvalue weighted by molar-refractivity contribution is 7.11. The number of aryl methyl sites for hydroxylation is 1. The number of nitrogens with one attached hydrogen (secondary N) is 1. The van der Waals surface area contributed by atoms with Gasteiger partial charge in [-0.05, 0) is 58.1 Å². The Bertz CT molecular complexity index is 444. The maximum absolute atomic E-state index is 6.20. The van der Waals surface area contributed by atoms with Crippen LogP contribution in [0.4, 0.5) is 0 Å². The minimum Gasteiger partial charge on any atom is -0.375 e. The van der Waals surface area contributed by atoms with Crippen LogP contribution >= 0.6 is 11.3 Å². The Labute approximate surface area is 133 Å². The molecule has 1 spiro atoms. The first-order valence-corrected chi connectivity index (χ1v) is 9.42. The molecule has 118 valence electrons. The predicted molar refractivity (Wildman–Crippen MR) is 90.1 cm³/mol. The fraction of sp³-hybridized carbons (Fsp3) is 0.778. The monoisotopic (exact) mass is 307 g/mol. The van der Waals surface area contributed by atoms with Gasteiger partial charge in [0.05, 0.1) is 5.60 Å². The van der Waals surface area contributed by atoms with E-state index in [4.69, 9.17) is 4.74 Å². The van der Waals surface area contributed by atoms with Crippen molar-refractivity contribution in [2.75, 3.05) is 6.61 Å². The molecule has 3 rings (SSSR count). The van der Waals surface area contributed by atoms with E-state index < -0.39 is 0 Å². The summed E-state index contributed by atoms with van der Waals surface area (Å²) < 4.78 is 6.20. The molecule has 0 radical (unpaired) electrons. The van der Waals surface area contributed by atoms with Crippen LogP contribution in [0.5, 0.6) is 0 Å². The number of thiophene rings is 1. The lowest BCUT2D eigenvalue weighted by Gasteiger charge is -2.44. The maximum atomic E-state index is 6.20. The lowest BCUT2D eigenvalue weighted by molar-refractivity contribution is -0.109. The molecule has 2 atom stereocenters. The van der Waals surface area contributed by atoms with Crippen molar-refractivity contribution >= 4 is 11.3 Å². The highest BCUT2D eigenvalue weighted by Crippen LogP contribution is 2.38. The Kier molecular flexibility index (Phi) is 5.03. The summed E-state index contributed by atoms with van der Waals surface area (Å²) in [4.78, 5) is 2.93. The molecule has 1 N–H and O–H groups in total. The summed E-state index contributed by atoms with van der Waals surface area (Å²) in [6, 6.07) is 5.72. The van der Waals surface area contributed by atoms with E-state index in [2.05, 4.69) is 31.3 Å². The zero-order valence-corrected chi connectivity index (χ0v) is 14.3. The molecule has 2 unspecified atom stereocenters.